The highest BCUT2D eigenvalue weighted by atomic mass is 17.2. The van der Waals surface area contributed by atoms with Gasteiger partial charge in [-0.05, 0) is 73.5 Å². The summed E-state index contributed by atoms with van der Waals surface area (Å²) < 4.78 is 16.0. The predicted molar refractivity (Wildman–Crippen MR) is 178 cm³/mol. The first kappa shape index (κ1) is 39.7. The van der Waals surface area contributed by atoms with Crippen molar-refractivity contribution in [1.82, 2.24) is 16.0 Å². The number of rotatable bonds is 18. The van der Waals surface area contributed by atoms with E-state index in [2.05, 4.69) is 67.6 Å². The average molecular weight is 656 g/mol. The van der Waals surface area contributed by atoms with Crippen LogP contribution in [0, 0.1) is 21.7 Å². The van der Waals surface area contributed by atoms with E-state index in [4.69, 9.17) is 28.8 Å². The third-order valence-corrected chi connectivity index (χ3v) is 8.65. The van der Waals surface area contributed by atoms with Crippen molar-refractivity contribution in [3.05, 3.63) is 0 Å². The Labute approximate surface area is 276 Å². The highest BCUT2D eigenvalue weighted by molar-refractivity contribution is 5.81. The van der Waals surface area contributed by atoms with Crippen molar-refractivity contribution < 1.29 is 38.4 Å². The molecule has 0 aliphatic heterocycles. The molecule has 0 radical (unpaired) electrons. The van der Waals surface area contributed by atoms with Crippen molar-refractivity contribution in [1.29, 1.82) is 0 Å². The van der Waals surface area contributed by atoms with Crippen LogP contribution in [0.3, 0.4) is 0 Å². The zero-order valence-corrected chi connectivity index (χ0v) is 29.8. The first-order valence-electron chi connectivity index (χ1n) is 16.6. The molecule has 46 heavy (non-hydrogen) atoms. The molecule has 4 unspecified atom stereocenters. The molecule has 3 N–H and O–H groups in total. The number of alkyl carbamates (subject to hydrolysis) is 1. The van der Waals surface area contributed by atoms with Crippen LogP contribution < -0.4 is 16.0 Å². The largest absolute Gasteiger partial charge is 0.447 e. The Kier molecular flexibility index (Phi) is 16.2. The lowest BCUT2D eigenvalue weighted by atomic mass is 9.62. The van der Waals surface area contributed by atoms with Crippen molar-refractivity contribution in [2.75, 3.05) is 53.4 Å². The van der Waals surface area contributed by atoms with Crippen molar-refractivity contribution in [2.24, 2.45) is 31.8 Å². The van der Waals surface area contributed by atoms with Gasteiger partial charge in [-0.3, -0.25) is 15.1 Å². The van der Waals surface area contributed by atoms with Crippen LogP contribution in [-0.4, -0.2) is 89.7 Å². The highest BCUT2D eigenvalue weighted by Crippen LogP contribution is 2.47. The Morgan fingerprint density at radius 2 is 1.48 bits per heavy atom. The van der Waals surface area contributed by atoms with Crippen LogP contribution >= 0.6 is 0 Å². The first-order valence-corrected chi connectivity index (χ1v) is 16.6. The number of ether oxygens (including phenoxy) is 3. The summed E-state index contributed by atoms with van der Waals surface area (Å²) >= 11 is 0. The van der Waals surface area contributed by atoms with E-state index >= 15 is 0 Å². The zero-order valence-electron chi connectivity index (χ0n) is 29.8. The summed E-state index contributed by atoms with van der Waals surface area (Å²) in [5.41, 5.74) is 0.775. The van der Waals surface area contributed by atoms with Gasteiger partial charge in [-0.2, -0.15) is 4.89 Å². The maximum Gasteiger partial charge on any atom is 0.433 e. The van der Waals surface area contributed by atoms with Crippen molar-refractivity contribution >= 4 is 24.3 Å². The summed E-state index contributed by atoms with van der Waals surface area (Å²) in [6.07, 6.45) is 6.72. The number of carbonyl (C=O) groups excluding carboxylic acids is 2. The third kappa shape index (κ3) is 15.9. The molecule has 2 amide bonds. The first-order chi connectivity index (χ1) is 21.6. The molecule has 2 aliphatic carbocycles. The molecule has 0 heterocycles. The number of hydrogen-bond donors (Lipinski definition) is 3. The molecule has 0 spiro atoms. The minimum atomic E-state index is -0.551. The lowest BCUT2D eigenvalue weighted by Crippen LogP contribution is -2.49. The molecule has 0 bridgehead atoms. The van der Waals surface area contributed by atoms with Gasteiger partial charge in [0.05, 0.1) is 31.7 Å². The Morgan fingerprint density at radius 1 is 0.848 bits per heavy atom. The number of oxime groups is 1. The van der Waals surface area contributed by atoms with E-state index in [0.29, 0.717) is 25.9 Å². The van der Waals surface area contributed by atoms with Crippen LogP contribution in [-0.2, 0) is 28.8 Å². The number of nitrogens with zero attached hydrogens (tertiary/aromatic N) is 2. The normalized spacial score (nSPS) is 27.6. The smallest absolute Gasteiger partial charge is 0.433 e. The van der Waals surface area contributed by atoms with Crippen LogP contribution in [0.15, 0.2) is 10.1 Å². The van der Waals surface area contributed by atoms with Gasteiger partial charge >= 0.3 is 12.2 Å². The van der Waals surface area contributed by atoms with Crippen LogP contribution in [0.5, 0.6) is 0 Å². The number of hydrogen-bond acceptors (Lipinski definition) is 11. The Morgan fingerprint density at radius 3 is 2.15 bits per heavy atom. The number of methoxy groups -OCH3 is 1. The molecule has 0 aromatic carbocycles. The lowest BCUT2D eigenvalue weighted by molar-refractivity contribution is -0.224. The molecule has 4 atom stereocenters. The van der Waals surface area contributed by atoms with Gasteiger partial charge in [0.15, 0.2) is 0 Å². The van der Waals surface area contributed by atoms with Gasteiger partial charge in [-0.15, -0.1) is 0 Å². The molecule has 2 saturated carbocycles. The van der Waals surface area contributed by atoms with Gasteiger partial charge in [-0.25, -0.2) is 9.59 Å². The summed E-state index contributed by atoms with van der Waals surface area (Å²) in [6, 6.07) is 0.366. The van der Waals surface area contributed by atoms with Gasteiger partial charge in [0.25, 0.3) is 0 Å². The predicted octanol–water partition coefficient (Wildman–Crippen LogP) is 5.58. The third-order valence-electron chi connectivity index (χ3n) is 8.65. The molecule has 266 valence electrons. The molecule has 0 aromatic heterocycles. The molecule has 2 fully saturated rings. The van der Waals surface area contributed by atoms with E-state index < -0.39 is 12.2 Å². The quantitative estimate of drug-likeness (QED) is 0.0327. The summed E-state index contributed by atoms with van der Waals surface area (Å²) in [5.74, 6) is 0. The van der Waals surface area contributed by atoms with E-state index in [0.717, 1.165) is 50.7 Å². The van der Waals surface area contributed by atoms with Crippen LogP contribution in [0.2, 0.25) is 0 Å². The van der Waals surface area contributed by atoms with E-state index in [1.54, 1.807) is 7.11 Å². The average Bonchev–Trinajstić information content (AvgIpc) is 2.95. The van der Waals surface area contributed by atoms with Gasteiger partial charge < -0.3 is 29.7 Å². The maximum absolute atomic E-state index is 12.3. The second-order valence-corrected chi connectivity index (χ2v) is 15.3. The zero-order chi connectivity index (χ0) is 34.3. The molecule has 13 heteroatoms. The van der Waals surface area contributed by atoms with Gasteiger partial charge in [0, 0.05) is 26.2 Å². The molecule has 0 saturated heterocycles. The number of carbonyl (C=O) groups is 2. The van der Waals surface area contributed by atoms with Crippen molar-refractivity contribution in [3.63, 3.8) is 0 Å². The number of amides is 2. The van der Waals surface area contributed by atoms with E-state index in [1.165, 1.54) is 6.40 Å². The minimum absolute atomic E-state index is 0.0241. The Balaban J connectivity index is 1.59. The topological polar surface area (TPSA) is 150 Å². The molecule has 2 rings (SSSR count). The highest BCUT2D eigenvalue weighted by Gasteiger charge is 2.42. The lowest BCUT2D eigenvalue weighted by Gasteiger charge is -2.47. The Bertz CT molecular complexity index is 1010. The van der Waals surface area contributed by atoms with E-state index in [-0.39, 0.29) is 54.1 Å². The monoisotopic (exact) mass is 655 g/mol. The van der Waals surface area contributed by atoms with Gasteiger partial charge in [0.2, 0.25) is 6.40 Å². The minimum Gasteiger partial charge on any atom is -0.447 e. The van der Waals surface area contributed by atoms with Crippen LogP contribution in [0.25, 0.3) is 0 Å². The van der Waals surface area contributed by atoms with Crippen LogP contribution in [0.1, 0.15) is 100 Å². The number of nitrogens with one attached hydrogen (secondary N) is 3. The molecular weight excluding hydrogens is 594 g/mol. The maximum atomic E-state index is 12.3. The van der Waals surface area contributed by atoms with E-state index in [1.807, 2.05) is 13.8 Å². The standard InChI is InChI=1S/C33H61N5O8/c1-10-25(2)38-46-29(40)35-22-33(8)18-27(16-31(5,6)20-33)37-24-45-44-14-12-42-11-13-43-28(39)34-21-32(7)17-26(36-23-41-9)15-30(3,4)19-32/h24,26-27,36H,10-23H2,1-9H3,(H,34,39)(H,35,40). The second-order valence-electron chi connectivity index (χ2n) is 15.3. The summed E-state index contributed by atoms with van der Waals surface area (Å²) in [6.45, 7) is 19.5. The van der Waals surface area contributed by atoms with Crippen molar-refractivity contribution in [2.45, 2.75) is 112 Å². The molecule has 13 nitrogen and oxygen atoms in total. The van der Waals surface area contributed by atoms with Gasteiger partial charge in [0.1, 0.15) is 13.2 Å². The van der Waals surface area contributed by atoms with Crippen molar-refractivity contribution in [3.8, 4) is 0 Å². The fourth-order valence-corrected chi connectivity index (χ4v) is 7.35. The summed E-state index contributed by atoms with van der Waals surface area (Å²) in [7, 11) is 1.68. The fourth-order valence-electron chi connectivity index (χ4n) is 7.35. The summed E-state index contributed by atoms with van der Waals surface area (Å²) in [5, 5.41) is 13.0. The van der Waals surface area contributed by atoms with Gasteiger partial charge in [-0.1, -0.05) is 53.6 Å². The van der Waals surface area contributed by atoms with E-state index in [9.17, 15) is 9.59 Å². The molecule has 2 aliphatic rings. The second kappa shape index (κ2) is 18.8. The molecular formula is C33H61N5O8. The number of aliphatic imine (C=N–C) groups is 1. The SMILES string of the molecule is CCC(C)=NOC(=O)NCC1(C)CC(N=COOCCOCCOC(=O)NCC2(C)CC(NCOC)CC(C)(C)C2)CC(C)(C)C1. The molecule has 0 aromatic rings. The Hall–Kier alpha value is -2.48. The van der Waals surface area contributed by atoms with Crippen LogP contribution in [0.4, 0.5) is 9.59 Å². The fraction of sp³-hybridized carbons (Fsp3) is 0.879. The summed E-state index contributed by atoms with van der Waals surface area (Å²) in [4.78, 5) is 44.2.